The largest absolute Gasteiger partial charge is 0.457 e. The first kappa shape index (κ1) is 35.5. The average molecular weight is 807 g/mol. The molecule has 63 heavy (non-hydrogen) atoms. The van der Waals surface area contributed by atoms with Crippen LogP contribution in [0.2, 0.25) is 0 Å². The van der Waals surface area contributed by atoms with E-state index in [2.05, 4.69) is 204 Å². The number of rotatable bonds is 5. The van der Waals surface area contributed by atoms with Crippen molar-refractivity contribution >= 4 is 33.5 Å². The number of amidine groups is 2. The molecule has 10 aromatic rings. The van der Waals surface area contributed by atoms with Crippen molar-refractivity contribution in [2.75, 3.05) is 0 Å². The zero-order valence-corrected chi connectivity index (χ0v) is 34.1. The third-order valence-electron chi connectivity index (χ3n) is 13.1. The van der Waals surface area contributed by atoms with Crippen LogP contribution in [0.5, 0.6) is 11.5 Å². The van der Waals surface area contributed by atoms with Crippen molar-refractivity contribution in [3.63, 3.8) is 0 Å². The van der Waals surface area contributed by atoms with Crippen molar-refractivity contribution in [1.29, 1.82) is 0 Å². The van der Waals surface area contributed by atoms with E-state index in [1.807, 2.05) is 24.3 Å². The van der Waals surface area contributed by atoms with Gasteiger partial charge in [-0.05, 0) is 99.6 Å². The minimum atomic E-state index is -0.559. The van der Waals surface area contributed by atoms with Crippen LogP contribution >= 0.6 is 0 Å². The summed E-state index contributed by atoms with van der Waals surface area (Å²) in [4.78, 5) is 10.4. The first-order chi connectivity index (χ1) is 31.2. The topological polar surface area (TPSA) is 50.9 Å². The molecule has 1 spiro atoms. The van der Waals surface area contributed by atoms with E-state index >= 15 is 0 Å². The standard InChI is InChI=1S/C58H38N4O/c1-3-16-37(17-4-1)40-20-15-21-41(34-40)57-60-55(38-18-5-2-6-19-38)59-56(61-57)39-30-32-42(33-31-39)62-51-27-12-8-23-44(51)46-35-45-43-22-7-9-24-47(43)58(50(45)36-52(46)62)48-25-10-13-28-53(48)63-54-29-14-11-26-49(54)58/h1-36,57H,(H,59,60,61). The molecule has 0 radical (unpaired) electrons. The molecule has 0 saturated carbocycles. The molecular weight excluding hydrogens is 769 g/mol. The first-order valence-electron chi connectivity index (χ1n) is 21.5. The number of ether oxygens (including phenoxy) is 1. The Morgan fingerprint density at radius 2 is 1.00 bits per heavy atom. The van der Waals surface area contributed by atoms with Gasteiger partial charge in [0.05, 0.1) is 16.4 Å². The van der Waals surface area contributed by atoms with Crippen molar-refractivity contribution in [3.8, 4) is 39.4 Å². The van der Waals surface area contributed by atoms with Gasteiger partial charge >= 0.3 is 0 Å². The van der Waals surface area contributed by atoms with Crippen molar-refractivity contribution in [2.24, 2.45) is 9.98 Å². The van der Waals surface area contributed by atoms with Gasteiger partial charge in [0.15, 0.2) is 6.17 Å². The van der Waals surface area contributed by atoms with Gasteiger partial charge in [-0.3, -0.25) is 0 Å². The molecule has 1 N–H and O–H groups in total. The van der Waals surface area contributed by atoms with Crippen LogP contribution in [-0.2, 0) is 5.41 Å². The number of para-hydroxylation sites is 3. The monoisotopic (exact) mass is 806 g/mol. The summed E-state index contributed by atoms with van der Waals surface area (Å²) in [6.45, 7) is 0. The Morgan fingerprint density at radius 1 is 0.413 bits per heavy atom. The van der Waals surface area contributed by atoms with Gasteiger partial charge in [0.2, 0.25) is 0 Å². The molecule has 0 amide bonds. The molecule has 13 rings (SSSR count). The normalized spacial score (nSPS) is 15.4. The number of aliphatic imine (C=N–C) groups is 2. The molecule has 9 aromatic carbocycles. The Labute approximate surface area is 365 Å². The summed E-state index contributed by atoms with van der Waals surface area (Å²) in [6, 6.07) is 77.9. The lowest BCUT2D eigenvalue weighted by Crippen LogP contribution is -2.36. The average Bonchev–Trinajstić information content (AvgIpc) is 3.83. The van der Waals surface area contributed by atoms with E-state index in [4.69, 9.17) is 14.7 Å². The van der Waals surface area contributed by atoms with E-state index < -0.39 is 11.6 Å². The van der Waals surface area contributed by atoms with Crippen LogP contribution in [0, 0.1) is 0 Å². The summed E-state index contributed by atoms with van der Waals surface area (Å²) in [6.07, 6.45) is -0.420. The number of hydrogen-bond donors (Lipinski definition) is 1. The highest BCUT2D eigenvalue weighted by molar-refractivity contribution is 6.16. The number of benzene rings is 9. The van der Waals surface area contributed by atoms with E-state index in [-0.39, 0.29) is 0 Å². The molecule has 3 heterocycles. The third kappa shape index (κ3) is 5.36. The molecule has 0 saturated heterocycles. The molecule has 2 aliphatic heterocycles. The molecule has 1 aliphatic carbocycles. The fourth-order valence-corrected chi connectivity index (χ4v) is 10.4. The fraction of sp³-hybridized carbons (Fsp3) is 0.0345. The number of hydrogen-bond acceptors (Lipinski definition) is 4. The van der Waals surface area contributed by atoms with Gasteiger partial charge in [-0.2, -0.15) is 0 Å². The van der Waals surface area contributed by atoms with Crippen molar-refractivity contribution in [3.05, 3.63) is 257 Å². The Balaban J connectivity index is 0.968. The predicted octanol–water partition coefficient (Wildman–Crippen LogP) is 13.4. The van der Waals surface area contributed by atoms with Crippen molar-refractivity contribution < 1.29 is 4.74 Å². The SMILES string of the molecule is c1ccc(C2=NC(c3cccc(-c4ccccc4)c3)N=C(c3ccc(-n4c5ccccc5c5cc6c(cc54)C4(c5ccccc5Oc5ccccc54)c4ccccc4-6)cc3)N2)cc1. The minimum Gasteiger partial charge on any atom is -0.457 e. The van der Waals surface area contributed by atoms with Crippen LogP contribution in [0.1, 0.15) is 45.1 Å². The van der Waals surface area contributed by atoms with Crippen molar-refractivity contribution in [2.45, 2.75) is 11.6 Å². The molecule has 1 unspecified atom stereocenters. The van der Waals surface area contributed by atoms with Gasteiger partial charge in [-0.25, -0.2) is 9.98 Å². The molecule has 0 fully saturated rings. The second-order valence-electron chi connectivity index (χ2n) is 16.5. The Kier molecular flexibility index (Phi) is 7.81. The third-order valence-corrected chi connectivity index (χ3v) is 13.1. The number of aromatic nitrogens is 1. The summed E-state index contributed by atoms with van der Waals surface area (Å²) in [5.41, 5.74) is 15.5. The highest BCUT2D eigenvalue weighted by Gasteiger charge is 2.51. The second kappa shape index (κ2) is 13.9. The summed E-state index contributed by atoms with van der Waals surface area (Å²) in [5.74, 6) is 3.35. The van der Waals surface area contributed by atoms with E-state index in [0.717, 1.165) is 78.8 Å². The van der Waals surface area contributed by atoms with Gasteiger partial charge in [0, 0.05) is 38.7 Å². The van der Waals surface area contributed by atoms with Gasteiger partial charge in [-0.15, -0.1) is 0 Å². The number of nitrogens with zero attached hydrogens (tertiary/aromatic N) is 3. The molecule has 5 nitrogen and oxygen atoms in total. The molecule has 1 atom stereocenters. The van der Waals surface area contributed by atoms with Crippen molar-refractivity contribution in [1.82, 2.24) is 9.88 Å². The highest BCUT2D eigenvalue weighted by atomic mass is 16.5. The molecular formula is C58H38N4O. The molecule has 5 heteroatoms. The molecule has 3 aliphatic rings. The fourth-order valence-electron chi connectivity index (χ4n) is 10.4. The van der Waals surface area contributed by atoms with E-state index in [9.17, 15) is 0 Å². The molecule has 1 aromatic heterocycles. The summed E-state index contributed by atoms with van der Waals surface area (Å²) >= 11 is 0. The van der Waals surface area contributed by atoms with Gasteiger partial charge in [-0.1, -0.05) is 158 Å². The quantitative estimate of drug-likeness (QED) is 0.188. The maximum atomic E-state index is 6.64. The van der Waals surface area contributed by atoms with E-state index in [1.165, 1.54) is 33.0 Å². The van der Waals surface area contributed by atoms with Crippen LogP contribution < -0.4 is 10.1 Å². The highest BCUT2D eigenvalue weighted by Crippen LogP contribution is 2.62. The van der Waals surface area contributed by atoms with E-state index in [0.29, 0.717) is 0 Å². The summed E-state index contributed by atoms with van der Waals surface area (Å²) in [5, 5.41) is 6.05. The van der Waals surface area contributed by atoms with Gasteiger partial charge < -0.3 is 14.6 Å². The minimum absolute atomic E-state index is 0.420. The summed E-state index contributed by atoms with van der Waals surface area (Å²) in [7, 11) is 0. The zero-order valence-electron chi connectivity index (χ0n) is 34.1. The van der Waals surface area contributed by atoms with Crippen LogP contribution in [0.3, 0.4) is 0 Å². The Bertz CT molecular complexity index is 3470. The van der Waals surface area contributed by atoms with E-state index in [1.54, 1.807) is 0 Å². The zero-order chi connectivity index (χ0) is 41.5. The lowest BCUT2D eigenvalue weighted by atomic mass is 9.66. The predicted molar refractivity (Wildman–Crippen MR) is 255 cm³/mol. The smallest absolute Gasteiger partial charge is 0.169 e. The molecule has 0 bridgehead atoms. The summed E-state index contributed by atoms with van der Waals surface area (Å²) < 4.78 is 9.07. The maximum Gasteiger partial charge on any atom is 0.169 e. The van der Waals surface area contributed by atoms with Gasteiger partial charge in [0.25, 0.3) is 0 Å². The van der Waals surface area contributed by atoms with Crippen LogP contribution in [0.15, 0.2) is 228 Å². The molecule has 296 valence electrons. The Hall–Kier alpha value is -8.28. The number of fused-ring (bicyclic) bond motifs is 12. The van der Waals surface area contributed by atoms with Crippen LogP contribution in [0.25, 0.3) is 49.7 Å². The second-order valence-corrected chi connectivity index (χ2v) is 16.5. The maximum absolute atomic E-state index is 6.64. The number of nitrogens with one attached hydrogen (secondary N) is 1. The first-order valence-corrected chi connectivity index (χ1v) is 21.5. The lowest BCUT2D eigenvalue weighted by Gasteiger charge is -2.39. The lowest BCUT2D eigenvalue weighted by molar-refractivity contribution is 0.436. The van der Waals surface area contributed by atoms with Crippen LogP contribution in [-0.4, -0.2) is 16.2 Å². The Morgan fingerprint density at radius 3 is 1.73 bits per heavy atom. The van der Waals surface area contributed by atoms with Crippen LogP contribution in [0.4, 0.5) is 0 Å². The van der Waals surface area contributed by atoms with Gasteiger partial charge in [0.1, 0.15) is 23.2 Å².